The molecular formula is C11H25N3O2S. The largest absolute Gasteiger partial charge is 0.316 e. The molecule has 0 aromatic carbocycles. The SMILES string of the molecule is CCNCCS(=O)(=O)NCCN(CC)C1CC1. The minimum Gasteiger partial charge on any atom is -0.316 e. The fourth-order valence-corrected chi connectivity index (χ4v) is 2.80. The first-order valence-electron chi connectivity index (χ1n) is 6.51. The van der Waals surface area contributed by atoms with Crippen LogP contribution >= 0.6 is 0 Å². The van der Waals surface area contributed by atoms with Crippen molar-refractivity contribution < 1.29 is 8.42 Å². The molecule has 0 heterocycles. The summed E-state index contributed by atoms with van der Waals surface area (Å²) >= 11 is 0. The smallest absolute Gasteiger partial charge is 0.212 e. The van der Waals surface area contributed by atoms with Gasteiger partial charge in [0.05, 0.1) is 5.75 Å². The highest BCUT2D eigenvalue weighted by molar-refractivity contribution is 7.89. The highest BCUT2D eigenvalue weighted by atomic mass is 32.2. The van der Waals surface area contributed by atoms with Gasteiger partial charge in [-0.15, -0.1) is 0 Å². The Kier molecular flexibility index (Phi) is 6.40. The first kappa shape index (κ1) is 14.9. The molecule has 0 bridgehead atoms. The molecular weight excluding hydrogens is 238 g/mol. The summed E-state index contributed by atoms with van der Waals surface area (Å²) < 4.78 is 25.8. The highest BCUT2D eigenvalue weighted by Gasteiger charge is 2.27. The quantitative estimate of drug-likeness (QED) is 0.545. The number of hydrogen-bond acceptors (Lipinski definition) is 4. The molecule has 0 radical (unpaired) electrons. The average molecular weight is 263 g/mol. The number of hydrogen-bond donors (Lipinski definition) is 2. The summed E-state index contributed by atoms with van der Waals surface area (Å²) in [5.74, 6) is 0.163. The number of sulfonamides is 1. The van der Waals surface area contributed by atoms with Crippen molar-refractivity contribution in [2.24, 2.45) is 0 Å². The van der Waals surface area contributed by atoms with Crippen LogP contribution in [0.1, 0.15) is 26.7 Å². The van der Waals surface area contributed by atoms with E-state index in [9.17, 15) is 8.42 Å². The summed E-state index contributed by atoms with van der Waals surface area (Å²) in [7, 11) is -3.10. The Morgan fingerprint density at radius 3 is 2.47 bits per heavy atom. The Labute approximate surface area is 105 Å². The molecule has 17 heavy (non-hydrogen) atoms. The predicted molar refractivity (Wildman–Crippen MR) is 70.6 cm³/mol. The van der Waals surface area contributed by atoms with E-state index in [0.717, 1.165) is 19.6 Å². The molecule has 1 rings (SSSR count). The van der Waals surface area contributed by atoms with Crippen LogP contribution in [-0.4, -0.2) is 57.8 Å². The fraction of sp³-hybridized carbons (Fsp3) is 1.00. The van der Waals surface area contributed by atoms with Crippen molar-refractivity contribution in [3.8, 4) is 0 Å². The molecule has 5 nitrogen and oxygen atoms in total. The average Bonchev–Trinajstić information content (AvgIpc) is 3.08. The van der Waals surface area contributed by atoms with E-state index in [-0.39, 0.29) is 5.75 Å². The van der Waals surface area contributed by atoms with Gasteiger partial charge in [-0.05, 0) is 25.9 Å². The third kappa shape index (κ3) is 6.35. The van der Waals surface area contributed by atoms with Gasteiger partial charge in [0.2, 0.25) is 10.0 Å². The van der Waals surface area contributed by atoms with Crippen molar-refractivity contribution in [1.82, 2.24) is 14.9 Å². The number of nitrogens with zero attached hydrogens (tertiary/aromatic N) is 1. The second-order valence-electron chi connectivity index (χ2n) is 4.43. The van der Waals surface area contributed by atoms with Crippen LogP contribution in [0.25, 0.3) is 0 Å². The second-order valence-corrected chi connectivity index (χ2v) is 6.35. The second kappa shape index (κ2) is 7.31. The van der Waals surface area contributed by atoms with Crippen LogP contribution in [0.3, 0.4) is 0 Å². The van der Waals surface area contributed by atoms with Crippen LogP contribution in [0.5, 0.6) is 0 Å². The standard InChI is InChI=1S/C11H25N3O2S/c1-3-12-8-10-17(15,16)13-7-9-14(4-2)11-5-6-11/h11-13H,3-10H2,1-2H3. The lowest BCUT2D eigenvalue weighted by Crippen LogP contribution is -2.38. The van der Waals surface area contributed by atoms with Crippen LogP contribution < -0.4 is 10.0 Å². The molecule has 0 amide bonds. The van der Waals surface area contributed by atoms with E-state index in [4.69, 9.17) is 0 Å². The molecule has 0 atom stereocenters. The summed E-state index contributed by atoms with van der Waals surface area (Å²) in [6, 6.07) is 0.700. The maximum absolute atomic E-state index is 11.6. The molecule has 0 unspecified atom stereocenters. The molecule has 102 valence electrons. The molecule has 0 saturated heterocycles. The zero-order valence-electron chi connectivity index (χ0n) is 10.9. The van der Waals surface area contributed by atoms with E-state index in [2.05, 4.69) is 21.9 Å². The van der Waals surface area contributed by atoms with Crippen molar-refractivity contribution in [3.63, 3.8) is 0 Å². The van der Waals surface area contributed by atoms with Crippen molar-refractivity contribution in [2.45, 2.75) is 32.7 Å². The lowest BCUT2D eigenvalue weighted by atomic mass is 10.4. The van der Waals surface area contributed by atoms with Crippen LogP contribution in [-0.2, 0) is 10.0 Å². The molecule has 0 aliphatic heterocycles. The van der Waals surface area contributed by atoms with Crippen molar-refractivity contribution >= 4 is 10.0 Å². The third-order valence-electron chi connectivity index (χ3n) is 2.99. The van der Waals surface area contributed by atoms with Gasteiger partial charge in [0.25, 0.3) is 0 Å². The Balaban J connectivity index is 2.15. The molecule has 1 aliphatic carbocycles. The molecule has 0 aromatic heterocycles. The van der Waals surface area contributed by atoms with Crippen LogP contribution in [0, 0.1) is 0 Å². The van der Waals surface area contributed by atoms with Gasteiger partial charge in [0.1, 0.15) is 0 Å². The molecule has 2 N–H and O–H groups in total. The number of likely N-dealkylation sites (N-methyl/N-ethyl adjacent to an activating group) is 1. The summed E-state index contributed by atoms with van der Waals surface area (Å²) in [6.45, 7) is 7.77. The van der Waals surface area contributed by atoms with Gasteiger partial charge in [-0.3, -0.25) is 4.90 Å². The molecule has 0 aromatic rings. The lowest BCUT2D eigenvalue weighted by Gasteiger charge is -2.19. The van der Waals surface area contributed by atoms with Gasteiger partial charge in [-0.25, -0.2) is 13.1 Å². The zero-order chi connectivity index (χ0) is 12.7. The number of nitrogens with one attached hydrogen (secondary N) is 2. The van der Waals surface area contributed by atoms with Gasteiger partial charge in [-0.2, -0.15) is 0 Å². The summed E-state index contributed by atoms with van der Waals surface area (Å²) in [5, 5.41) is 3.01. The first-order valence-corrected chi connectivity index (χ1v) is 8.16. The van der Waals surface area contributed by atoms with E-state index in [1.54, 1.807) is 0 Å². The van der Waals surface area contributed by atoms with Gasteiger partial charge in [0.15, 0.2) is 0 Å². The van der Waals surface area contributed by atoms with Gasteiger partial charge >= 0.3 is 0 Å². The van der Waals surface area contributed by atoms with E-state index in [1.807, 2.05) is 6.92 Å². The monoisotopic (exact) mass is 263 g/mol. The Morgan fingerprint density at radius 2 is 1.94 bits per heavy atom. The predicted octanol–water partition coefficient (Wildman–Crippen LogP) is -0.000400. The van der Waals surface area contributed by atoms with E-state index in [0.29, 0.717) is 19.1 Å². The normalized spacial score (nSPS) is 16.6. The minimum atomic E-state index is -3.10. The van der Waals surface area contributed by atoms with Gasteiger partial charge in [-0.1, -0.05) is 13.8 Å². The summed E-state index contributed by atoms with van der Waals surface area (Å²) in [4.78, 5) is 2.34. The Hall–Kier alpha value is -0.170. The highest BCUT2D eigenvalue weighted by Crippen LogP contribution is 2.25. The molecule has 1 saturated carbocycles. The van der Waals surface area contributed by atoms with Gasteiger partial charge in [0, 0.05) is 25.7 Å². The summed E-state index contributed by atoms with van der Waals surface area (Å²) in [6.07, 6.45) is 2.53. The van der Waals surface area contributed by atoms with E-state index >= 15 is 0 Å². The molecule has 0 spiro atoms. The maximum atomic E-state index is 11.6. The van der Waals surface area contributed by atoms with Gasteiger partial charge < -0.3 is 5.32 Å². The third-order valence-corrected chi connectivity index (χ3v) is 4.37. The van der Waals surface area contributed by atoms with E-state index in [1.165, 1.54) is 12.8 Å². The zero-order valence-corrected chi connectivity index (χ0v) is 11.7. The van der Waals surface area contributed by atoms with Crippen LogP contribution in [0.4, 0.5) is 0 Å². The molecule has 6 heteroatoms. The number of rotatable bonds is 10. The lowest BCUT2D eigenvalue weighted by molar-refractivity contribution is 0.282. The fourth-order valence-electron chi connectivity index (χ4n) is 1.84. The van der Waals surface area contributed by atoms with E-state index < -0.39 is 10.0 Å². The van der Waals surface area contributed by atoms with Crippen LogP contribution in [0.2, 0.25) is 0 Å². The van der Waals surface area contributed by atoms with Crippen molar-refractivity contribution in [2.75, 3.05) is 38.5 Å². The first-order chi connectivity index (χ1) is 8.09. The van der Waals surface area contributed by atoms with Crippen molar-refractivity contribution in [1.29, 1.82) is 0 Å². The topological polar surface area (TPSA) is 61.4 Å². The molecule has 1 aliphatic rings. The Bertz CT molecular complexity index is 302. The van der Waals surface area contributed by atoms with Crippen molar-refractivity contribution in [3.05, 3.63) is 0 Å². The minimum absolute atomic E-state index is 0.163. The van der Waals surface area contributed by atoms with Crippen LogP contribution in [0.15, 0.2) is 0 Å². The maximum Gasteiger partial charge on any atom is 0.212 e. The summed E-state index contributed by atoms with van der Waals surface area (Å²) in [5.41, 5.74) is 0. The Morgan fingerprint density at radius 1 is 1.24 bits per heavy atom. The molecule has 1 fully saturated rings.